The topological polar surface area (TPSA) is 38.8 Å². The number of nitrogens with zero attached hydrogens (tertiary/aromatic N) is 1. The van der Waals surface area contributed by atoms with Crippen LogP contribution in [0.25, 0.3) is 6.08 Å². The Balaban J connectivity index is 1.86. The van der Waals surface area contributed by atoms with Crippen LogP contribution in [-0.4, -0.2) is 35.4 Å². The molecule has 0 N–H and O–H groups in total. The molecular weight excluding hydrogens is 342 g/mol. The molecule has 4 nitrogen and oxygen atoms in total. The summed E-state index contributed by atoms with van der Waals surface area (Å²) in [5, 5.41) is 0. The average Bonchev–Trinajstić information content (AvgIpc) is 2.81. The van der Waals surface area contributed by atoms with Crippen molar-refractivity contribution >= 4 is 40.3 Å². The molecule has 1 aromatic rings. The van der Waals surface area contributed by atoms with E-state index < -0.39 is 0 Å². The maximum Gasteiger partial charge on any atom is 0.266 e. The van der Waals surface area contributed by atoms with Crippen LogP contribution in [0.3, 0.4) is 0 Å². The van der Waals surface area contributed by atoms with Gasteiger partial charge < -0.3 is 9.47 Å². The summed E-state index contributed by atoms with van der Waals surface area (Å²) in [6.07, 6.45) is 3.90. The Kier molecular flexibility index (Phi) is 4.96. The van der Waals surface area contributed by atoms with Gasteiger partial charge >= 0.3 is 0 Å². The van der Waals surface area contributed by atoms with Gasteiger partial charge in [-0.3, -0.25) is 9.69 Å². The molecule has 0 unspecified atom stereocenters. The Labute approximate surface area is 151 Å². The Morgan fingerprint density at radius 1 is 1.46 bits per heavy atom. The number of carbonyl (C=O) groups is 1. The van der Waals surface area contributed by atoms with Crippen LogP contribution < -0.4 is 9.47 Å². The fourth-order valence-electron chi connectivity index (χ4n) is 2.63. The third kappa shape index (κ3) is 3.35. The average molecular weight is 361 g/mol. The van der Waals surface area contributed by atoms with Crippen LogP contribution in [0.1, 0.15) is 19.4 Å². The van der Waals surface area contributed by atoms with E-state index in [4.69, 9.17) is 21.7 Å². The molecule has 0 atom stereocenters. The van der Waals surface area contributed by atoms with Crippen LogP contribution >= 0.6 is 24.0 Å². The Morgan fingerprint density at radius 2 is 2.25 bits per heavy atom. The zero-order chi connectivity index (χ0) is 17.3. The second-order valence-corrected chi connectivity index (χ2v) is 7.75. The van der Waals surface area contributed by atoms with Crippen molar-refractivity contribution in [3.63, 3.8) is 0 Å². The molecule has 3 rings (SSSR count). The van der Waals surface area contributed by atoms with Crippen molar-refractivity contribution in [3.05, 3.63) is 40.3 Å². The van der Waals surface area contributed by atoms with E-state index in [9.17, 15) is 4.79 Å². The first kappa shape index (κ1) is 17.0. The van der Waals surface area contributed by atoms with Crippen LogP contribution in [0.2, 0.25) is 0 Å². The summed E-state index contributed by atoms with van der Waals surface area (Å²) < 4.78 is 11.8. The van der Waals surface area contributed by atoms with Crippen molar-refractivity contribution in [2.24, 2.45) is 5.92 Å². The number of thiocarbonyl (C=S) groups is 1. The van der Waals surface area contributed by atoms with Crippen LogP contribution in [0.4, 0.5) is 0 Å². The lowest BCUT2D eigenvalue weighted by atomic mass is 10.1. The van der Waals surface area contributed by atoms with Crippen molar-refractivity contribution in [2.45, 2.75) is 13.8 Å². The highest BCUT2D eigenvalue weighted by atomic mass is 32.2. The number of ether oxygens (including phenoxy) is 2. The summed E-state index contributed by atoms with van der Waals surface area (Å²) in [5.41, 5.74) is 1.89. The standard InChI is InChI=1S/C18H19NO3S2/c1-11(2)9-19-17(20)15(24-18(19)23)8-12-7-13-5-4-6-14(21-3)16(13)22-10-12/h4-8,11H,9-10H2,1-3H3. The number of methoxy groups -OCH3 is 1. The molecule has 0 saturated carbocycles. The molecule has 1 amide bonds. The van der Waals surface area contributed by atoms with E-state index >= 15 is 0 Å². The van der Waals surface area contributed by atoms with E-state index in [-0.39, 0.29) is 5.91 Å². The van der Waals surface area contributed by atoms with Crippen molar-refractivity contribution in [3.8, 4) is 11.5 Å². The monoisotopic (exact) mass is 361 g/mol. The van der Waals surface area contributed by atoms with Gasteiger partial charge in [0, 0.05) is 12.1 Å². The summed E-state index contributed by atoms with van der Waals surface area (Å²) in [5.74, 6) is 1.81. The third-order valence-corrected chi connectivity index (χ3v) is 5.07. The molecule has 2 aliphatic rings. The number of benzene rings is 1. The first-order valence-corrected chi connectivity index (χ1v) is 8.98. The molecule has 24 heavy (non-hydrogen) atoms. The number of hydrogen-bond donors (Lipinski definition) is 0. The minimum absolute atomic E-state index is 0.0176. The van der Waals surface area contributed by atoms with Gasteiger partial charge in [-0.2, -0.15) is 0 Å². The maximum absolute atomic E-state index is 12.5. The molecule has 1 aromatic carbocycles. The van der Waals surface area contributed by atoms with Gasteiger partial charge in [-0.25, -0.2) is 0 Å². The summed E-state index contributed by atoms with van der Waals surface area (Å²) >= 11 is 6.69. The fourth-order valence-corrected chi connectivity index (χ4v) is 3.92. The minimum atomic E-state index is -0.0176. The maximum atomic E-state index is 12.5. The second kappa shape index (κ2) is 6.99. The number of rotatable bonds is 4. The van der Waals surface area contributed by atoms with Gasteiger partial charge in [-0.1, -0.05) is 50.0 Å². The van der Waals surface area contributed by atoms with E-state index in [0.717, 1.165) is 16.9 Å². The van der Waals surface area contributed by atoms with E-state index in [1.54, 1.807) is 12.0 Å². The van der Waals surface area contributed by atoms with E-state index in [1.165, 1.54) is 11.8 Å². The third-order valence-electron chi connectivity index (χ3n) is 3.69. The molecule has 1 fully saturated rings. The molecule has 6 heteroatoms. The smallest absolute Gasteiger partial charge is 0.266 e. The first-order chi connectivity index (χ1) is 11.5. The number of thioether (sulfide) groups is 1. The predicted molar refractivity (Wildman–Crippen MR) is 101 cm³/mol. The highest BCUT2D eigenvalue weighted by Crippen LogP contribution is 2.37. The quantitative estimate of drug-likeness (QED) is 0.601. The van der Waals surface area contributed by atoms with Gasteiger partial charge in [0.25, 0.3) is 5.91 Å². The van der Waals surface area contributed by atoms with Crippen LogP contribution in [-0.2, 0) is 4.79 Å². The van der Waals surface area contributed by atoms with Gasteiger partial charge in [-0.15, -0.1) is 0 Å². The molecule has 0 aliphatic carbocycles. The van der Waals surface area contributed by atoms with Gasteiger partial charge in [0.2, 0.25) is 0 Å². The van der Waals surface area contributed by atoms with Crippen molar-refractivity contribution in [1.29, 1.82) is 0 Å². The SMILES string of the molecule is COc1cccc2c1OCC(C=C1SC(=S)N(CC(C)C)C1=O)=C2. The number of para-hydroxylation sites is 1. The van der Waals surface area contributed by atoms with Crippen LogP contribution in [0, 0.1) is 5.92 Å². The molecule has 1 saturated heterocycles. The molecule has 0 aromatic heterocycles. The Morgan fingerprint density at radius 3 is 2.96 bits per heavy atom. The molecule has 0 radical (unpaired) electrons. The van der Waals surface area contributed by atoms with E-state index in [2.05, 4.69) is 13.8 Å². The summed E-state index contributed by atoms with van der Waals surface area (Å²) in [6, 6.07) is 5.76. The number of fused-ring (bicyclic) bond motifs is 1. The van der Waals surface area contributed by atoms with Gasteiger partial charge in [0.05, 0.1) is 12.0 Å². The second-order valence-electron chi connectivity index (χ2n) is 6.07. The summed E-state index contributed by atoms with van der Waals surface area (Å²) in [6.45, 7) is 5.20. The molecule has 0 bridgehead atoms. The van der Waals surface area contributed by atoms with E-state index in [0.29, 0.717) is 34.0 Å². The largest absolute Gasteiger partial charge is 0.493 e. The zero-order valence-corrected chi connectivity index (χ0v) is 15.5. The highest BCUT2D eigenvalue weighted by molar-refractivity contribution is 8.26. The minimum Gasteiger partial charge on any atom is -0.493 e. The molecule has 0 spiro atoms. The number of hydrogen-bond acceptors (Lipinski definition) is 5. The van der Waals surface area contributed by atoms with Gasteiger partial charge in [-0.05, 0) is 29.7 Å². The molecular formula is C18H19NO3S2. The fraction of sp³-hybridized carbons (Fsp3) is 0.333. The lowest BCUT2D eigenvalue weighted by Crippen LogP contribution is -2.31. The van der Waals surface area contributed by atoms with Crippen LogP contribution in [0.5, 0.6) is 11.5 Å². The molecule has 2 aliphatic heterocycles. The lowest BCUT2D eigenvalue weighted by molar-refractivity contribution is -0.122. The summed E-state index contributed by atoms with van der Waals surface area (Å²) in [7, 11) is 1.62. The van der Waals surface area contributed by atoms with Gasteiger partial charge in [0.15, 0.2) is 11.5 Å². The van der Waals surface area contributed by atoms with Crippen molar-refractivity contribution < 1.29 is 14.3 Å². The van der Waals surface area contributed by atoms with E-state index in [1.807, 2.05) is 30.4 Å². The van der Waals surface area contributed by atoms with Gasteiger partial charge in [0.1, 0.15) is 10.9 Å². The number of amides is 1. The molecule has 126 valence electrons. The first-order valence-electron chi connectivity index (χ1n) is 7.75. The Bertz CT molecular complexity index is 753. The van der Waals surface area contributed by atoms with Crippen molar-refractivity contribution in [1.82, 2.24) is 4.90 Å². The highest BCUT2D eigenvalue weighted by Gasteiger charge is 2.32. The zero-order valence-electron chi connectivity index (χ0n) is 13.9. The van der Waals surface area contributed by atoms with Crippen LogP contribution in [0.15, 0.2) is 34.8 Å². The number of carbonyl (C=O) groups excluding carboxylic acids is 1. The molecule has 2 heterocycles. The normalized spacial score (nSPS) is 18.8. The Hall–Kier alpha value is -1.79. The summed E-state index contributed by atoms with van der Waals surface area (Å²) in [4.78, 5) is 14.9. The lowest BCUT2D eigenvalue weighted by Gasteiger charge is -2.19. The predicted octanol–water partition coefficient (Wildman–Crippen LogP) is 3.87. The van der Waals surface area contributed by atoms with Crippen molar-refractivity contribution in [2.75, 3.05) is 20.3 Å².